The molecule has 9 nitrogen and oxygen atoms in total. The van der Waals surface area contributed by atoms with Crippen LogP contribution in [0, 0.1) is 0 Å². The van der Waals surface area contributed by atoms with Crippen molar-refractivity contribution in [1.82, 2.24) is 24.6 Å². The van der Waals surface area contributed by atoms with Crippen molar-refractivity contribution in [3.63, 3.8) is 0 Å². The van der Waals surface area contributed by atoms with Crippen LogP contribution in [-0.2, 0) is 19.5 Å². The Labute approximate surface area is 143 Å². The smallest absolute Gasteiger partial charge is 0.354 e. The Morgan fingerprint density at radius 3 is 2.92 bits per heavy atom. The molecule has 2 N–H and O–H groups in total. The van der Waals surface area contributed by atoms with Crippen LogP contribution in [0.4, 0.5) is 0 Å². The number of carboxylic acids is 1. The molecule has 0 radical (unpaired) electrons. The largest absolute Gasteiger partial charge is 0.477 e. The second-order valence-corrected chi connectivity index (χ2v) is 5.88. The lowest BCUT2D eigenvalue weighted by Gasteiger charge is -2.09. The zero-order valence-corrected chi connectivity index (χ0v) is 13.6. The van der Waals surface area contributed by atoms with E-state index in [4.69, 9.17) is 5.11 Å². The molecule has 2 aromatic heterocycles. The predicted octanol–water partition coefficient (Wildman–Crippen LogP) is 0.294. The van der Waals surface area contributed by atoms with Crippen LogP contribution in [0.25, 0.3) is 0 Å². The zero-order chi connectivity index (χ0) is 17.8. The Morgan fingerprint density at radius 2 is 2.16 bits per heavy atom. The molecule has 1 aliphatic rings. The van der Waals surface area contributed by atoms with Gasteiger partial charge in [-0.25, -0.2) is 19.3 Å². The molecule has 0 aromatic carbocycles. The normalized spacial score (nSPS) is 13.3. The Balaban J connectivity index is 1.53. The standard InChI is InChI=1S/C16H19N5O4/c22-14(11-5-7-17-12(10-11)15(23)24)18-6-3-9-21-16(25)20-8-2-1-4-13(20)19-21/h5,7,10H,1-4,6,8-9H2,(H,18,22)(H,23,24). The summed E-state index contributed by atoms with van der Waals surface area (Å²) in [5, 5.41) is 15.9. The molecule has 0 aliphatic carbocycles. The number of carbonyl (C=O) groups excluding carboxylic acids is 1. The number of nitrogens with one attached hydrogen (secondary N) is 1. The van der Waals surface area contributed by atoms with E-state index >= 15 is 0 Å². The van der Waals surface area contributed by atoms with Crippen molar-refractivity contribution in [3.05, 3.63) is 45.9 Å². The van der Waals surface area contributed by atoms with Gasteiger partial charge < -0.3 is 10.4 Å². The molecule has 1 amide bonds. The summed E-state index contributed by atoms with van der Waals surface area (Å²) in [6.45, 7) is 1.51. The summed E-state index contributed by atoms with van der Waals surface area (Å²) >= 11 is 0. The molecule has 0 fully saturated rings. The van der Waals surface area contributed by atoms with Crippen molar-refractivity contribution in [2.45, 2.75) is 38.8 Å². The third-order valence-corrected chi connectivity index (χ3v) is 4.11. The molecule has 0 unspecified atom stereocenters. The second kappa shape index (κ2) is 7.29. The van der Waals surface area contributed by atoms with E-state index in [9.17, 15) is 14.4 Å². The van der Waals surface area contributed by atoms with E-state index < -0.39 is 5.97 Å². The fourth-order valence-electron chi connectivity index (χ4n) is 2.82. The molecule has 0 saturated heterocycles. The van der Waals surface area contributed by atoms with Crippen LogP contribution in [0.5, 0.6) is 0 Å². The maximum Gasteiger partial charge on any atom is 0.354 e. The molecule has 0 bridgehead atoms. The van der Waals surface area contributed by atoms with E-state index in [1.165, 1.54) is 23.0 Å². The molecule has 9 heteroatoms. The number of aromatic carboxylic acids is 1. The van der Waals surface area contributed by atoms with Gasteiger partial charge in [-0.3, -0.25) is 9.36 Å². The molecule has 132 valence electrons. The number of aryl methyl sites for hydroxylation is 2. The van der Waals surface area contributed by atoms with Gasteiger partial charge in [0.1, 0.15) is 11.5 Å². The van der Waals surface area contributed by atoms with Gasteiger partial charge in [0.2, 0.25) is 0 Å². The maximum atomic E-state index is 12.2. The number of rotatable bonds is 6. The van der Waals surface area contributed by atoms with Gasteiger partial charge in [-0.1, -0.05) is 0 Å². The predicted molar refractivity (Wildman–Crippen MR) is 87.6 cm³/mol. The van der Waals surface area contributed by atoms with Gasteiger partial charge in [0.25, 0.3) is 5.91 Å². The summed E-state index contributed by atoms with van der Waals surface area (Å²) in [6.07, 6.45) is 4.72. The molecule has 0 spiro atoms. The number of hydrogen-bond donors (Lipinski definition) is 2. The Kier molecular flexibility index (Phi) is 4.92. The van der Waals surface area contributed by atoms with Crippen LogP contribution in [0.15, 0.2) is 23.1 Å². The zero-order valence-electron chi connectivity index (χ0n) is 13.6. The van der Waals surface area contributed by atoms with E-state index in [1.54, 1.807) is 4.57 Å². The van der Waals surface area contributed by atoms with Crippen molar-refractivity contribution >= 4 is 11.9 Å². The minimum atomic E-state index is -1.18. The van der Waals surface area contributed by atoms with Crippen LogP contribution in [0.1, 0.15) is 45.9 Å². The van der Waals surface area contributed by atoms with Gasteiger partial charge in [-0.15, -0.1) is 0 Å². The van der Waals surface area contributed by atoms with Crippen molar-refractivity contribution in [2.75, 3.05) is 6.54 Å². The van der Waals surface area contributed by atoms with Crippen molar-refractivity contribution < 1.29 is 14.7 Å². The van der Waals surface area contributed by atoms with Crippen LogP contribution < -0.4 is 11.0 Å². The number of pyridine rings is 1. The van der Waals surface area contributed by atoms with Gasteiger partial charge in [0, 0.05) is 37.8 Å². The van der Waals surface area contributed by atoms with E-state index in [0.29, 0.717) is 19.5 Å². The Morgan fingerprint density at radius 1 is 1.32 bits per heavy atom. The van der Waals surface area contributed by atoms with Gasteiger partial charge in [0.05, 0.1) is 0 Å². The van der Waals surface area contributed by atoms with E-state index in [1.807, 2.05) is 0 Å². The van der Waals surface area contributed by atoms with Gasteiger partial charge in [-0.05, 0) is 31.4 Å². The molecule has 0 saturated carbocycles. The average molecular weight is 345 g/mol. The first kappa shape index (κ1) is 16.9. The number of nitrogens with zero attached hydrogens (tertiary/aromatic N) is 4. The summed E-state index contributed by atoms with van der Waals surface area (Å²) in [5.74, 6) is -0.725. The average Bonchev–Trinajstić information content (AvgIpc) is 2.95. The lowest BCUT2D eigenvalue weighted by atomic mass is 10.2. The molecule has 0 atom stereocenters. The molecular weight excluding hydrogens is 326 g/mol. The fraction of sp³-hybridized carbons (Fsp3) is 0.438. The minimum absolute atomic E-state index is 0.0961. The Hall–Kier alpha value is -2.97. The first-order valence-corrected chi connectivity index (χ1v) is 8.20. The number of hydrogen-bond acceptors (Lipinski definition) is 5. The quantitative estimate of drug-likeness (QED) is 0.727. The molecule has 25 heavy (non-hydrogen) atoms. The Bertz CT molecular complexity index is 854. The fourth-order valence-corrected chi connectivity index (χ4v) is 2.82. The highest BCUT2D eigenvalue weighted by Gasteiger charge is 2.16. The lowest BCUT2D eigenvalue weighted by Crippen LogP contribution is -2.29. The third-order valence-electron chi connectivity index (χ3n) is 4.11. The molecule has 1 aliphatic heterocycles. The van der Waals surface area contributed by atoms with Gasteiger partial charge in [-0.2, -0.15) is 5.10 Å². The number of carbonyl (C=O) groups is 2. The van der Waals surface area contributed by atoms with E-state index in [-0.39, 0.29) is 22.9 Å². The first-order chi connectivity index (χ1) is 12.1. The van der Waals surface area contributed by atoms with E-state index in [0.717, 1.165) is 31.6 Å². The molecular formula is C16H19N5O4. The van der Waals surface area contributed by atoms with Crippen molar-refractivity contribution in [3.8, 4) is 0 Å². The number of amides is 1. The lowest BCUT2D eigenvalue weighted by molar-refractivity contribution is 0.0690. The summed E-state index contributed by atoms with van der Waals surface area (Å²) in [6, 6.07) is 2.68. The number of carboxylic acid groups (broad SMARTS) is 1. The molecule has 2 aromatic rings. The topological polar surface area (TPSA) is 119 Å². The second-order valence-electron chi connectivity index (χ2n) is 5.88. The molecule has 3 heterocycles. The first-order valence-electron chi connectivity index (χ1n) is 8.20. The highest BCUT2D eigenvalue weighted by molar-refractivity contribution is 5.96. The summed E-state index contributed by atoms with van der Waals surface area (Å²) in [4.78, 5) is 38.8. The monoisotopic (exact) mass is 345 g/mol. The number of fused-ring (bicyclic) bond motifs is 1. The van der Waals surface area contributed by atoms with E-state index in [2.05, 4.69) is 15.4 Å². The third kappa shape index (κ3) is 3.76. The van der Waals surface area contributed by atoms with Gasteiger partial charge >= 0.3 is 11.7 Å². The SMILES string of the molecule is O=C(NCCCn1nc2n(c1=O)CCCC2)c1ccnc(C(=O)O)c1. The highest BCUT2D eigenvalue weighted by atomic mass is 16.4. The van der Waals surface area contributed by atoms with Crippen LogP contribution in [0.2, 0.25) is 0 Å². The van der Waals surface area contributed by atoms with Gasteiger partial charge in [0.15, 0.2) is 0 Å². The highest BCUT2D eigenvalue weighted by Crippen LogP contribution is 2.09. The maximum absolute atomic E-state index is 12.2. The summed E-state index contributed by atoms with van der Waals surface area (Å²) < 4.78 is 3.16. The number of aromatic nitrogens is 4. The molecule has 3 rings (SSSR count). The van der Waals surface area contributed by atoms with Crippen LogP contribution >= 0.6 is 0 Å². The summed E-state index contributed by atoms with van der Waals surface area (Å²) in [7, 11) is 0. The summed E-state index contributed by atoms with van der Waals surface area (Å²) in [5.41, 5.74) is -0.0360. The van der Waals surface area contributed by atoms with Crippen molar-refractivity contribution in [2.24, 2.45) is 0 Å². The van der Waals surface area contributed by atoms with Crippen molar-refractivity contribution in [1.29, 1.82) is 0 Å². The van der Waals surface area contributed by atoms with Crippen LogP contribution in [-0.4, -0.2) is 42.9 Å². The van der Waals surface area contributed by atoms with Crippen LogP contribution in [0.3, 0.4) is 0 Å². The minimum Gasteiger partial charge on any atom is -0.477 e.